The van der Waals surface area contributed by atoms with E-state index in [-0.39, 0.29) is 10.9 Å². The van der Waals surface area contributed by atoms with Crippen LogP contribution in [0.5, 0.6) is 0 Å². The maximum absolute atomic E-state index is 11.9. The maximum Gasteiger partial charge on any atom is 0.323 e. The standard InChI is InChI=1S/C10H17N3O4S/c1-7(2)6-8(10(14)17-3)13-18(15,16)9-4-5-11-12-9/h4-5,7-8,13H,6H2,1-3H3,(H,11,12). The average molecular weight is 275 g/mol. The van der Waals surface area contributed by atoms with Crippen molar-refractivity contribution >= 4 is 16.0 Å². The molecule has 1 aromatic heterocycles. The Morgan fingerprint density at radius 2 is 2.22 bits per heavy atom. The van der Waals surface area contributed by atoms with E-state index < -0.39 is 22.0 Å². The molecule has 0 aliphatic heterocycles. The smallest absolute Gasteiger partial charge is 0.323 e. The fraction of sp³-hybridized carbons (Fsp3) is 0.600. The Morgan fingerprint density at radius 1 is 1.56 bits per heavy atom. The predicted octanol–water partition coefficient (Wildman–Crippen LogP) is 0.276. The number of methoxy groups -OCH3 is 1. The lowest BCUT2D eigenvalue weighted by Crippen LogP contribution is -2.42. The fourth-order valence-corrected chi connectivity index (χ4v) is 2.56. The molecule has 0 amide bonds. The number of esters is 1. The van der Waals surface area contributed by atoms with Gasteiger partial charge in [0, 0.05) is 0 Å². The number of aromatic amines is 1. The van der Waals surface area contributed by atoms with E-state index in [1.54, 1.807) is 0 Å². The molecule has 0 aliphatic carbocycles. The molecule has 7 nitrogen and oxygen atoms in total. The number of ether oxygens (including phenoxy) is 1. The van der Waals surface area contributed by atoms with Gasteiger partial charge in [-0.3, -0.25) is 9.89 Å². The molecule has 0 aliphatic rings. The minimum absolute atomic E-state index is 0.0832. The van der Waals surface area contributed by atoms with Gasteiger partial charge in [-0.15, -0.1) is 0 Å². The number of H-pyrrole nitrogens is 1. The van der Waals surface area contributed by atoms with Gasteiger partial charge in [0.15, 0.2) is 5.03 Å². The lowest BCUT2D eigenvalue weighted by atomic mass is 10.1. The number of hydrogen-bond acceptors (Lipinski definition) is 5. The molecule has 0 spiro atoms. The van der Waals surface area contributed by atoms with Gasteiger partial charge in [-0.25, -0.2) is 8.42 Å². The van der Waals surface area contributed by atoms with E-state index in [2.05, 4.69) is 19.7 Å². The summed E-state index contributed by atoms with van der Waals surface area (Å²) in [6, 6.07) is 0.412. The minimum Gasteiger partial charge on any atom is -0.468 e. The summed E-state index contributed by atoms with van der Waals surface area (Å²) in [7, 11) is -2.56. The highest BCUT2D eigenvalue weighted by Crippen LogP contribution is 2.10. The van der Waals surface area contributed by atoms with E-state index in [9.17, 15) is 13.2 Å². The van der Waals surface area contributed by atoms with Crippen molar-refractivity contribution in [1.29, 1.82) is 0 Å². The Morgan fingerprint density at radius 3 is 2.67 bits per heavy atom. The number of aromatic nitrogens is 2. The van der Waals surface area contributed by atoms with Crippen molar-refractivity contribution in [2.75, 3.05) is 7.11 Å². The Bertz CT molecular complexity index is 481. The molecule has 2 N–H and O–H groups in total. The first-order chi connectivity index (χ1) is 8.36. The van der Waals surface area contributed by atoms with Crippen molar-refractivity contribution in [2.45, 2.75) is 31.3 Å². The summed E-state index contributed by atoms with van der Waals surface area (Å²) in [6.07, 6.45) is 1.68. The normalized spacial score (nSPS) is 13.6. The van der Waals surface area contributed by atoms with Crippen molar-refractivity contribution in [1.82, 2.24) is 14.9 Å². The van der Waals surface area contributed by atoms with Gasteiger partial charge < -0.3 is 4.74 Å². The van der Waals surface area contributed by atoms with Crippen LogP contribution >= 0.6 is 0 Å². The van der Waals surface area contributed by atoms with Gasteiger partial charge in [-0.2, -0.15) is 9.82 Å². The molecule has 18 heavy (non-hydrogen) atoms. The van der Waals surface area contributed by atoms with Crippen LogP contribution in [0.15, 0.2) is 17.3 Å². The molecule has 0 saturated heterocycles. The topological polar surface area (TPSA) is 101 Å². The maximum atomic E-state index is 11.9. The molecule has 0 bridgehead atoms. The summed E-state index contributed by atoms with van der Waals surface area (Å²) in [5.41, 5.74) is 0. The highest BCUT2D eigenvalue weighted by Gasteiger charge is 2.27. The Kier molecular flexibility index (Phi) is 4.85. The molecular formula is C10H17N3O4S. The first kappa shape index (κ1) is 14.7. The number of carbonyl (C=O) groups excluding carboxylic acids is 1. The quantitative estimate of drug-likeness (QED) is 0.726. The second kappa shape index (κ2) is 5.96. The van der Waals surface area contributed by atoms with Gasteiger partial charge in [0.05, 0.1) is 13.3 Å². The zero-order valence-electron chi connectivity index (χ0n) is 10.5. The second-order valence-corrected chi connectivity index (χ2v) is 5.93. The van der Waals surface area contributed by atoms with Crippen molar-refractivity contribution in [3.63, 3.8) is 0 Å². The zero-order valence-corrected chi connectivity index (χ0v) is 11.3. The van der Waals surface area contributed by atoms with E-state index in [1.165, 1.54) is 19.4 Å². The van der Waals surface area contributed by atoms with Crippen LogP contribution in [0.1, 0.15) is 20.3 Å². The summed E-state index contributed by atoms with van der Waals surface area (Å²) in [4.78, 5) is 11.5. The number of hydrogen-bond donors (Lipinski definition) is 2. The molecule has 1 heterocycles. The van der Waals surface area contributed by atoms with Crippen LogP contribution in [0.4, 0.5) is 0 Å². The largest absolute Gasteiger partial charge is 0.468 e. The van der Waals surface area contributed by atoms with Crippen LogP contribution in [0.3, 0.4) is 0 Å². The second-order valence-electron chi connectivity index (χ2n) is 4.25. The molecule has 1 atom stereocenters. The highest BCUT2D eigenvalue weighted by molar-refractivity contribution is 7.89. The first-order valence-corrected chi connectivity index (χ1v) is 6.94. The fourth-order valence-electron chi connectivity index (χ4n) is 1.45. The number of rotatable bonds is 6. The van der Waals surface area contributed by atoms with Gasteiger partial charge in [0.25, 0.3) is 10.0 Å². The molecule has 1 rings (SSSR count). The SMILES string of the molecule is COC(=O)C(CC(C)C)NS(=O)(=O)c1ccn[nH]1. The minimum atomic E-state index is -3.79. The Balaban J connectivity index is 2.86. The summed E-state index contributed by atoms with van der Waals surface area (Å²) in [5, 5.41) is 5.82. The monoisotopic (exact) mass is 275 g/mol. The van der Waals surface area contributed by atoms with Crippen LogP contribution in [0.25, 0.3) is 0 Å². The summed E-state index contributed by atoms with van der Waals surface area (Å²) >= 11 is 0. The number of nitrogens with zero attached hydrogens (tertiary/aromatic N) is 1. The van der Waals surface area contributed by atoms with Crippen molar-refractivity contribution in [3.05, 3.63) is 12.3 Å². The molecule has 1 unspecified atom stereocenters. The Labute approximate surface area is 106 Å². The van der Waals surface area contributed by atoms with Gasteiger partial charge in [0.2, 0.25) is 0 Å². The van der Waals surface area contributed by atoms with Crippen LogP contribution in [0, 0.1) is 5.92 Å². The lowest BCUT2D eigenvalue weighted by Gasteiger charge is -2.17. The molecule has 0 aromatic carbocycles. The number of sulfonamides is 1. The average Bonchev–Trinajstić information content (AvgIpc) is 2.80. The molecule has 0 fully saturated rings. The van der Waals surface area contributed by atoms with Crippen molar-refractivity contribution < 1.29 is 17.9 Å². The third-order valence-electron chi connectivity index (χ3n) is 2.25. The number of carbonyl (C=O) groups is 1. The van der Waals surface area contributed by atoms with Crippen LogP contribution in [-0.4, -0.2) is 37.7 Å². The third kappa shape index (κ3) is 3.81. The van der Waals surface area contributed by atoms with E-state index in [0.29, 0.717) is 6.42 Å². The molecule has 0 radical (unpaired) electrons. The van der Waals surface area contributed by atoms with Crippen LogP contribution < -0.4 is 4.72 Å². The zero-order chi connectivity index (χ0) is 13.8. The first-order valence-electron chi connectivity index (χ1n) is 5.46. The third-order valence-corrected chi connectivity index (χ3v) is 3.66. The highest BCUT2D eigenvalue weighted by atomic mass is 32.2. The van der Waals surface area contributed by atoms with Gasteiger partial charge in [-0.1, -0.05) is 13.8 Å². The predicted molar refractivity (Wildman–Crippen MR) is 64.2 cm³/mol. The van der Waals surface area contributed by atoms with Crippen LogP contribution in [-0.2, 0) is 19.6 Å². The van der Waals surface area contributed by atoms with E-state index in [0.717, 1.165) is 0 Å². The Hall–Kier alpha value is -1.41. The summed E-state index contributed by atoms with van der Waals surface area (Å²) in [5.74, 6) is -0.453. The van der Waals surface area contributed by atoms with Gasteiger partial charge >= 0.3 is 5.97 Å². The summed E-state index contributed by atoms with van der Waals surface area (Å²) in [6.45, 7) is 3.78. The van der Waals surface area contributed by atoms with Crippen molar-refractivity contribution in [3.8, 4) is 0 Å². The summed E-state index contributed by atoms with van der Waals surface area (Å²) < 4.78 is 30.7. The molecular weight excluding hydrogens is 258 g/mol. The molecule has 1 aromatic rings. The van der Waals surface area contributed by atoms with Crippen molar-refractivity contribution in [2.24, 2.45) is 5.92 Å². The van der Waals surface area contributed by atoms with E-state index >= 15 is 0 Å². The molecule has 102 valence electrons. The van der Waals surface area contributed by atoms with Crippen LogP contribution in [0.2, 0.25) is 0 Å². The van der Waals surface area contributed by atoms with E-state index in [1.807, 2.05) is 13.8 Å². The molecule has 8 heteroatoms. The molecule has 0 saturated carbocycles. The van der Waals surface area contributed by atoms with Gasteiger partial charge in [0.1, 0.15) is 6.04 Å². The lowest BCUT2D eigenvalue weighted by molar-refractivity contribution is -0.143. The number of nitrogens with one attached hydrogen (secondary N) is 2. The van der Waals surface area contributed by atoms with E-state index in [4.69, 9.17) is 0 Å². The van der Waals surface area contributed by atoms with Gasteiger partial charge in [-0.05, 0) is 18.4 Å².